The van der Waals surface area contributed by atoms with Crippen molar-refractivity contribution in [2.45, 2.75) is 384 Å². The lowest BCUT2D eigenvalue weighted by Crippen LogP contribution is -2.61. The zero-order valence-corrected chi connectivity index (χ0v) is 52.9. The van der Waals surface area contributed by atoms with Gasteiger partial charge >= 0.3 is 5.97 Å². The van der Waals surface area contributed by atoms with Crippen molar-refractivity contribution >= 4 is 11.9 Å². The number of unbranched alkanes of at least 4 members (excludes halogenated alkanes) is 42. The van der Waals surface area contributed by atoms with Gasteiger partial charge in [-0.05, 0) is 77.0 Å². The lowest BCUT2D eigenvalue weighted by molar-refractivity contribution is -0.305. The molecule has 1 fully saturated rings. The smallest absolute Gasteiger partial charge is 0.306 e. The summed E-state index contributed by atoms with van der Waals surface area (Å²) in [6.45, 7) is 5.82. The number of amides is 1. The van der Waals surface area contributed by atoms with Crippen LogP contribution in [0.25, 0.3) is 0 Å². The maximum atomic E-state index is 13.5. The molecule has 81 heavy (non-hydrogen) atoms. The number of nitrogens with one attached hydrogen (secondary N) is 1. The molecule has 1 amide bonds. The fraction of sp³-hybridized carbons (Fsp3) is 0.886. The molecule has 0 aromatic rings. The fourth-order valence-electron chi connectivity index (χ4n) is 11.0. The van der Waals surface area contributed by atoms with Gasteiger partial charge in [0.1, 0.15) is 24.4 Å². The molecule has 1 aliphatic rings. The number of aliphatic hydroxyl groups excluding tert-OH is 5. The number of carbonyl (C=O) groups is 2. The second-order valence-electron chi connectivity index (χ2n) is 24.3. The third kappa shape index (κ3) is 45.9. The van der Waals surface area contributed by atoms with E-state index >= 15 is 0 Å². The summed E-state index contributed by atoms with van der Waals surface area (Å²) >= 11 is 0. The van der Waals surface area contributed by atoms with E-state index < -0.39 is 67.4 Å². The Hall–Kier alpha value is -2.12. The topological polar surface area (TPSA) is 175 Å². The number of esters is 1. The second-order valence-corrected chi connectivity index (χ2v) is 24.3. The summed E-state index contributed by atoms with van der Waals surface area (Å²) in [5, 5.41) is 57.2. The molecule has 8 unspecified atom stereocenters. The van der Waals surface area contributed by atoms with Crippen molar-refractivity contribution in [3.63, 3.8) is 0 Å². The fourth-order valence-corrected chi connectivity index (χ4v) is 11.0. The minimum Gasteiger partial charge on any atom is -0.454 e. The summed E-state index contributed by atoms with van der Waals surface area (Å²) < 4.78 is 17.7. The van der Waals surface area contributed by atoms with Crippen LogP contribution in [0.2, 0.25) is 0 Å². The van der Waals surface area contributed by atoms with Gasteiger partial charge in [0, 0.05) is 6.42 Å². The molecule has 11 heteroatoms. The lowest BCUT2D eigenvalue weighted by Gasteiger charge is -2.41. The summed E-state index contributed by atoms with van der Waals surface area (Å²) in [4.78, 5) is 26.6. The standard InChI is InChI=1S/C70H131NO10/c1-4-7-10-13-16-19-22-25-27-29-30-31-32-33-35-36-39-42-45-48-51-54-57-63(74)69(78)71-61(62(73)56-53-50-47-44-41-38-24-21-18-15-12-9-6-3)60-79-70-68(67(77)66(76)64(59-72)80-70)81-65(75)58-55-52-49-46-43-40-37-34-28-26-23-20-17-14-11-8-5-2/h25-28,53,56,61-64,66-68,70,72-74,76-77H,4-24,29-52,54-55,57-60H2,1-3H3,(H,71,78)/b27-25+,28-26+,56-53+. The van der Waals surface area contributed by atoms with E-state index in [1.807, 2.05) is 6.08 Å². The molecule has 0 aromatic carbocycles. The molecule has 11 nitrogen and oxygen atoms in total. The Labute approximate surface area is 498 Å². The molecule has 0 bridgehead atoms. The maximum absolute atomic E-state index is 13.5. The number of hydrogen-bond donors (Lipinski definition) is 6. The highest BCUT2D eigenvalue weighted by Crippen LogP contribution is 2.26. The van der Waals surface area contributed by atoms with Crippen LogP contribution in [0, 0.1) is 0 Å². The Balaban J connectivity index is 2.61. The Morgan fingerprint density at radius 3 is 1.20 bits per heavy atom. The summed E-state index contributed by atoms with van der Waals surface area (Å²) in [6.07, 6.45) is 60.4. The van der Waals surface area contributed by atoms with Crippen LogP contribution in [-0.4, -0.2) is 99.6 Å². The molecule has 1 saturated heterocycles. The third-order valence-electron chi connectivity index (χ3n) is 16.5. The summed E-state index contributed by atoms with van der Waals surface area (Å²) in [5.41, 5.74) is 0. The second kappa shape index (κ2) is 58.3. The minimum atomic E-state index is -1.61. The first-order valence-corrected chi connectivity index (χ1v) is 34.8. The van der Waals surface area contributed by atoms with Gasteiger partial charge in [-0.1, -0.05) is 288 Å². The highest BCUT2D eigenvalue weighted by Gasteiger charge is 2.47. The zero-order valence-electron chi connectivity index (χ0n) is 52.9. The normalized spacial score (nSPS) is 18.8. The third-order valence-corrected chi connectivity index (χ3v) is 16.5. The average molecular weight is 1150 g/mol. The Bertz CT molecular complexity index is 1460. The molecule has 1 heterocycles. The molecule has 1 rings (SSSR count). The highest BCUT2D eigenvalue weighted by atomic mass is 16.7. The van der Waals surface area contributed by atoms with Crippen molar-refractivity contribution in [1.82, 2.24) is 5.32 Å². The minimum absolute atomic E-state index is 0.121. The molecule has 476 valence electrons. The van der Waals surface area contributed by atoms with E-state index in [9.17, 15) is 35.1 Å². The van der Waals surface area contributed by atoms with Crippen LogP contribution in [0.3, 0.4) is 0 Å². The number of hydrogen-bond acceptors (Lipinski definition) is 10. The van der Waals surface area contributed by atoms with Crippen molar-refractivity contribution in [3.8, 4) is 0 Å². The van der Waals surface area contributed by atoms with Crippen LogP contribution in [-0.2, 0) is 23.8 Å². The van der Waals surface area contributed by atoms with Crippen LogP contribution in [0.15, 0.2) is 36.5 Å². The van der Waals surface area contributed by atoms with Gasteiger partial charge in [0.2, 0.25) is 5.91 Å². The summed E-state index contributed by atoms with van der Waals surface area (Å²) in [5.74, 6) is -1.19. The van der Waals surface area contributed by atoms with Crippen LogP contribution in [0.5, 0.6) is 0 Å². The van der Waals surface area contributed by atoms with E-state index in [-0.39, 0.29) is 13.0 Å². The molecule has 0 aromatic heterocycles. The molecule has 0 spiro atoms. The molecular formula is C70H131NO10. The van der Waals surface area contributed by atoms with Crippen molar-refractivity contribution in [1.29, 1.82) is 0 Å². The van der Waals surface area contributed by atoms with E-state index in [0.29, 0.717) is 19.3 Å². The van der Waals surface area contributed by atoms with Gasteiger partial charge < -0.3 is 45.1 Å². The molecule has 0 radical (unpaired) electrons. The number of rotatable bonds is 60. The van der Waals surface area contributed by atoms with E-state index in [4.69, 9.17) is 14.2 Å². The molecular weight excluding hydrogens is 1010 g/mol. The lowest BCUT2D eigenvalue weighted by atomic mass is 9.99. The number of ether oxygens (including phenoxy) is 3. The van der Waals surface area contributed by atoms with Gasteiger partial charge in [-0.3, -0.25) is 9.59 Å². The Kier molecular flexibility index (Phi) is 55.3. The van der Waals surface area contributed by atoms with Gasteiger partial charge in [-0.15, -0.1) is 0 Å². The molecule has 0 saturated carbocycles. The average Bonchev–Trinajstić information content (AvgIpc) is 3.49. The molecule has 0 aliphatic carbocycles. The maximum Gasteiger partial charge on any atom is 0.306 e. The monoisotopic (exact) mass is 1150 g/mol. The largest absolute Gasteiger partial charge is 0.454 e. The predicted octanol–water partition coefficient (Wildman–Crippen LogP) is 17.4. The number of carbonyl (C=O) groups excluding carboxylic acids is 2. The predicted molar refractivity (Wildman–Crippen MR) is 338 cm³/mol. The van der Waals surface area contributed by atoms with Gasteiger partial charge in [0.15, 0.2) is 12.4 Å². The van der Waals surface area contributed by atoms with Crippen molar-refractivity contribution < 1.29 is 49.3 Å². The number of allylic oxidation sites excluding steroid dienone is 5. The van der Waals surface area contributed by atoms with Crippen LogP contribution >= 0.6 is 0 Å². The number of aliphatic hydroxyl groups is 5. The van der Waals surface area contributed by atoms with Gasteiger partial charge in [0.05, 0.1) is 25.4 Å². The molecule has 6 N–H and O–H groups in total. The van der Waals surface area contributed by atoms with Crippen LogP contribution < -0.4 is 5.32 Å². The summed E-state index contributed by atoms with van der Waals surface area (Å²) in [6, 6.07) is -1.02. The van der Waals surface area contributed by atoms with Crippen molar-refractivity contribution in [2.75, 3.05) is 13.2 Å². The van der Waals surface area contributed by atoms with E-state index in [1.54, 1.807) is 6.08 Å². The summed E-state index contributed by atoms with van der Waals surface area (Å²) in [7, 11) is 0. The zero-order chi connectivity index (χ0) is 58.9. The first-order valence-electron chi connectivity index (χ1n) is 34.8. The SMILES string of the molecule is CCCCCCCC/C=C/CCCCCCCCCCCCCCC(O)C(=O)NC(COC1OC(CO)C(O)C(O)C1OC(=O)CCCCCCCCC/C=C/CCCCCCCC)C(O)/C=C/CCCCCCCCCCCCC. The quantitative estimate of drug-likeness (QED) is 0.0195. The van der Waals surface area contributed by atoms with E-state index in [2.05, 4.69) is 50.4 Å². The highest BCUT2D eigenvalue weighted by molar-refractivity contribution is 5.80. The van der Waals surface area contributed by atoms with Crippen LogP contribution in [0.4, 0.5) is 0 Å². The molecule has 8 atom stereocenters. The first-order chi connectivity index (χ1) is 39.7. The van der Waals surface area contributed by atoms with Crippen molar-refractivity contribution in [3.05, 3.63) is 36.5 Å². The van der Waals surface area contributed by atoms with Gasteiger partial charge in [-0.25, -0.2) is 0 Å². The van der Waals surface area contributed by atoms with Crippen LogP contribution in [0.1, 0.15) is 335 Å². The van der Waals surface area contributed by atoms with E-state index in [0.717, 1.165) is 70.6 Å². The first kappa shape index (κ1) is 76.9. The van der Waals surface area contributed by atoms with Gasteiger partial charge in [0.25, 0.3) is 0 Å². The Morgan fingerprint density at radius 1 is 0.469 bits per heavy atom. The molecule has 1 aliphatic heterocycles. The van der Waals surface area contributed by atoms with E-state index in [1.165, 1.54) is 218 Å². The van der Waals surface area contributed by atoms with Crippen molar-refractivity contribution in [2.24, 2.45) is 0 Å². The van der Waals surface area contributed by atoms with Gasteiger partial charge in [-0.2, -0.15) is 0 Å². The Morgan fingerprint density at radius 2 is 0.815 bits per heavy atom.